The first-order valence-electron chi connectivity index (χ1n) is 12.2. The van der Waals surface area contributed by atoms with Crippen LogP contribution in [-0.2, 0) is 16.6 Å². The van der Waals surface area contributed by atoms with E-state index in [4.69, 9.17) is 23.2 Å². The Morgan fingerprint density at radius 3 is 2.36 bits per heavy atom. The van der Waals surface area contributed by atoms with Crippen molar-refractivity contribution in [2.75, 3.05) is 13.1 Å². The van der Waals surface area contributed by atoms with Gasteiger partial charge in [-0.2, -0.15) is 0 Å². The maximum absolute atomic E-state index is 13.8. The summed E-state index contributed by atoms with van der Waals surface area (Å²) in [4.78, 5) is 32.0. The summed E-state index contributed by atoms with van der Waals surface area (Å²) in [6.07, 6.45) is 0.817. The van der Waals surface area contributed by atoms with Crippen LogP contribution in [0.15, 0.2) is 53.9 Å². The average molecular weight is 544 g/mol. The molecule has 2 aromatic carbocycles. The number of amides is 2. The molecule has 1 unspecified atom stereocenters. The van der Waals surface area contributed by atoms with E-state index in [1.165, 1.54) is 16.0 Å². The van der Waals surface area contributed by atoms with E-state index in [2.05, 4.69) is 56.5 Å². The lowest BCUT2D eigenvalue weighted by molar-refractivity contribution is -0.134. The Morgan fingerprint density at radius 1 is 1.06 bits per heavy atom. The Kier molecular flexibility index (Phi) is 7.84. The molecule has 1 aliphatic rings. The lowest BCUT2D eigenvalue weighted by atomic mass is 9.85. The summed E-state index contributed by atoms with van der Waals surface area (Å²) in [7, 11) is 0. The minimum absolute atomic E-state index is 0.00715. The highest BCUT2D eigenvalue weighted by Gasteiger charge is 2.34. The van der Waals surface area contributed by atoms with Crippen LogP contribution in [0, 0.1) is 0 Å². The summed E-state index contributed by atoms with van der Waals surface area (Å²) in [5.41, 5.74) is 3.98. The topological polar surface area (TPSA) is 40.6 Å². The molecule has 3 aromatic rings. The molecule has 0 saturated heterocycles. The summed E-state index contributed by atoms with van der Waals surface area (Å²) in [6, 6.07) is 15.2. The zero-order valence-electron chi connectivity index (χ0n) is 21.3. The minimum Gasteiger partial charge on any atom is -0.330 e. The number of halogens is 2. The van der Waals surface area contributed by atoms with E-state index in [0.29, 0.717) is 22.2 Å². The molecule has 0 spiro atoms. The lowest BCUT2D eigenvalue weighted by Gasteiger charge is -2.38. The normalized spacial score (nSPS) is 15.7. The zero-order chi connectivity index (χ0) is 26.2. The summed E-state index contributed by atoms with van der Waals surface area (Å²) < 4.78 is 0. The Hall–Kier alpha value is -2.34. The van der Waals surface area contributed by atoms with Gasteiger partial charge in [0.25, 0.3) is 5.91 Å². The Bertz CT molecular complexity index is 1260. The number of nitrogens with zero attached hydrogens (tertiary/aromatic N) is 2. The van der Waals surface area contributed by atoms with E-state index in [-0.39, 0.29) is 35.9 Å². The molecule has 4 rings (SSSR count). The van der Waals surface area contributed by atoms with Crippen molar-refractivity contribution in [3.63, 3.8) is 0 Å². The minimum atomic E-state index is -0.240. The van der Waals surface area contributed by atoms with E-state index < -0.39 is 0 Å². The first-order valence-corrected chi connectivity index (χ1v) is 13.8. The fraction of sp³-hybridized carbons (Fsp3) is 0.379. The molecule has 36 heavy (non-hydrogen) atoms. The second-order valence-electron chi connectivity index (χ2n) is 10.6. The highest BCUT2D eigenvalue weighted by Crippen LogP contribution is 2.38. The molecular formula is C29H32Cl2N2O2S. The summed E-state index contributed by atoms with van der Waals surface area (Å²) in [6.45, 7) is 11.0. The van der Waals surface area contributed by atoms with Gasteiger partial charge in [0.15, 0.2) is 0 Å². The van der Waals surface area contributed by atoms with Gasteiger partial charge in [0.2, 0.25) is 5.91 Å². The van der Waals surface area contributed by atoms with Crippen molar-refractivity contribution >= 4 is 46.4 Å². The van der Waals surface area contributed by atoms with Crippen molar-refractivity contribution in [3.8, 4) is 0 Å². The van der Waals surface area contributed by atoms with Gasteiger partial charge in [-0.3, -0.25) is 9.59 Å². The predicted molar refractivity (Wildman–Crippen MR) is 149 cm³/mol. The molecule has 7 heteroatoms. The molecule has 0 fully saturated rings. The van der Waals surface area contributed by atoms with Gasteiger partial charge >= 0.3 is 0 Å². The SMILES string of the molecule is CC(C)N(CC(=O)N1CCc2sccc2C1c1ccc(C(C)(C)C)cc1)C(=O)c1ccc(Cl)c(Cl)c1. The van der Waals surface area contributed by atoms with Crippen LogP contribution in [-0.4, -0.2) is 40.7 Å². The molecule has 190 valence electrons. The van der Waals surface area contributed by atoms with Gasteiger partial charge in [-0.25, -0.2) is 0 Å². The fourth-order valence-corrected chi connectivity index (χ4v) is 5.83. The fourth-order valence-electron chi connectivity index (χ4n) is 4.63. The van der Waals surface area contributed by atoms with Crippen LogP contribution < -0.4 is 0 Å². The molecule has 0 saturated carbocycles. The number of fused-ring (bicyclic) bond motifs is 1. The van der Waals surface area contributed by atoms with E-state index in [1.54, 1.807) is 34.4 Å². The summed E-state index contributed by atoms with van der Waals surface area (Å²) in [5.74, 6) is -0.310. The van der Waals surface area contributed by atoms with Crippen LogP contribution in [0.5, 0.6) is 0 Å². The van der Waals surface area contributed by atoms with Crippen LogP contribution in [0.2, 0.25) is 10.0 Å². The molecule has 0 N–H and O–H groups in total. The number of hydrogen-bond donors (Lipinski definition) is 0. The van der Waals surface area contributed by atoms with E-state index in [9.17, 15) is 9.59 Å². The third-order valence-electron chi connectivity index (χ3n) is 6.74. The van der Waals surface area contributed by atoms with Gasteiger partial charge in [-0.15, -0.1) is 11.3 Å². The highest BCUT2D eigenvalue weighted by molar-refractivity contribution is 7.10. The van der Waals surface area contributed by atoms with Gasteiger partial charge in [0.1, 0.15) is 6.54 Å². The number of carbonyl (C=O) groups excluding carboxylic acids is 2. The van der Waals surface area contributed by atoms with E-state index >= 15 is 0 Å². The molecule has 1 atom stereocenters. The Labute approximate surface area is 227 Å². The number of thiophene rings is 1. The molecular weight excluding hydrogens is 511 g/mol. The maximum Gasteiger partial charge on any atom is 0.254 e. The second kappa shape index (κ2) is 10.6. The van der Waals surface area contributed by atoms with Crippen LogP contribution in [0.3, 0.4) is 0 Å². The largest absolute Gasteiger partial charge is 0.330 e. The second-order valence-corrected chi connectivity index (χ2v) is 12.4. The van der Waals surface area contributed by atoms with Crippen molar-refractivity contribution in [1.29, 1.82) is 0 Å². The molecule has 0 radical (unpaired) electrons. The molecule has 0 bridgehead atoms. The van der Waals surface area contributed by atoms with E-state index in [0.717, 1.165) is 12.0 Å². The maximum atomic E-state index is 13.8. The molecule has 4 nitrogen and oxygen atoms in total. The van der Waals surface area contributed by atoms with Gasteiger partial charge in [0, 0.05) is 23.0 Å². The molecule has 1 aliphatic heterocycles. The summed E-state index contributed by atoms with van der Waals surface area (Å²) >= 11 is 13.9. The van der Waals surface area contributed by atoms with E-state index in [1.807, 2.05) is 18.7 Å². The van der Waals surface area contributed by atoms with Gasteiger partial charge < -0.3 is 9.80 Å². The van der Waals surface area contributed by atoms with Gasteiger partial charge in [-0.1, -0.05) is 68.2 Å². The van der Waals surface area contributed by atoms with Crippen LogP contribution in [0.25, 0.3) is 0 Å². The third-order valence-corrected chi connectivity index (χ3v) is 8.47. The predicted octanol–water partition coefficient (Wildman–Crippen LogP) is 7.38. The lowest BCUT2D eigenvalue weighted by Crippen LogP contribution is -2.48. The standard InChI is InChI=1S/C29H32Cl2N2O2S/c1-18(2)33(28(35)20-8-11-23(30)24(31)16-20)17-26(34)32-14-12-25-22(13-15-36-25)27(32)19-6-9-21(10-7-19)29(3,4)5/h6-11,13,15-16,18,27H,12,14,17H2,1-5H3. The number of hydrogen-bond acceptors (Lipinski definition) is 3. The summed E-state index contributed by atoms with van der Waals surface area (Å²) in [5, 5.41) is 2.81. The van der Waals surface area contributed by atoms with Crippen molar-refractivity contribution < 1.29 is 9.59 Å². The Balaban J connectivity index is 1.63. The first-order chi connectivity index (χ1) is 17.0. The van der Waals surface area contributed by atoms with Crippen molar-refractivity contribution in [2.45, 2.75) is 58.5 Å². The van der Waals surface area contributed by atoms with Crippen molar-refractivity contribution in [2.24, 2.45) is 0 Å². The quantitative estimate of drug-likeness (QED) is 0.337. The number of benzene rings is 2. The zero-order valence-corrected chi connectivity index (χ0v) is 23.7. The number of carbonyl (C=O) groups is 2. The molecule has 2 amide bonds. The van der Waals surface area contributed by atoms with Crippen molar-refractivity contribution in [1.82, 2.24) is 9.80 Å². The Morgan fingerprint density at radius 2 is 1.75 bits per heavy atom. The van der Waals surface area contributed by atoms with Crippen LogP contribution >= 0.6 is 34.5 Å². The van der Waals surface area contributed by atoms with Crippen molar-refractivity contribution in [3.05, 3.63) is 91.1 Å². The van der Waals surface area contributed by atoms with Crippen LogP contribution in [0.1, 0.15) is 72.6 Å². The highest BCUT2D eigenvalue weighted by atomic mass is 35.5. The molecule has 0 aliphatic carbocycles. The van der Waals surface area contributed by atoms with Gasteiger partial charge in [0.05, 0.1) is 16.1 Å². The first kappa shape index (κ1) is 26.7. The number of rotatable bonds is 5. The monoisotopic (exact) mass is 542 g/mol. The smallest absolute Gasteiger partial charge is 0.254 e. The molecule has 1 aromatic heterocycles. The average Bonchev–Trinajstić information content (AvgIpc) is 3.31. The van der Waals surface area contributed by atoms with Crippen LogP contribution in [0.4, 0.5) is 0 Å². The van der Waals surface area contributed by atoms with Gasteiger partial charge in [-0.05, 0) is 72.0 Å². The molecule has 2 heterocycles. The third kappa shape index (κ3) is 5.49.